The van der Waals surface area contributed by atoms with E-state index in [1.807, 2.05) is 20.8 Å². The Kier molecular flexibility index (Phi) is 5.63. The van der Waals surface area contributed by atoms with Crippen molar-refractivity contribution in [2.75, 3.05) is 25.2 Å². The average Bonchev–Trinajstić information content (AvgIpc) is 2.29. The van der Waals surface area contributed by atoms with Crippen molar-refractivity contribution in [1.82, 2.24) is 0 Å². The predicted octanol–water partition coefficient (Wildman–Crippen LogP) is 3.73. The first-order valence-corrected chi connectivity index (χ1v) is 6.46. The first-order chi connectivity index (χ1) is 8.83. The van der Waals surface area contributed by atoms with Crippen LogP contribution in [0.15, 0.2) is 24.3 Å². The maximum Gasteiger partial charge on any atom is 0.414 e. The lowest BCUT2D eigenvalue weighted by Gasteiger charge is -2.27. The predicted molar refractivity (Wildman–Crippen MR) is 76.9 cm³/mol. The standard InChI is InChI=1S/C14H20ClNO3/c1-14(2,3)19-13(17)16(9-10-18-4)12-7-5-11(15)6-8-12/h5-8H,9-10H2,1-4H3. The summed E-state index contributed by atoms with van der Waals surface area (Å²) in [6.07, 6.45) is -0.396. The lowest BCUT2D eigenvalue weighted by Crippen LogP contribution is -2.38. The van der Waals surface area contributed by atoms with Crippen molar-refractivity contribution in [2.45, 2.75) is 26.4 Å². The number of rotatable bonds is 4. The van der Waals surface area contributed by atoms with Gasteiger partial charge >= 0.3 is 6.09 Å². The molecule has 1 rings (SSSR count). The van der Waals surface area contributed by atoms with Crippen LogP contribution in [-0.2, 0) is 9.47 Å². The fraction of sp³-hybridized carbons (Fsp3) is 0.500. The van der Waals surface area contributed by atoms with Crippen LogP contribution in [0.5, 0.6) is 0 Å². The third-order valence-electron chi connectivity index (χ3n) is 2.27. The number of carbonyl (C=O) groups excluding carboxylic acids is 1. The minimum Gasteiger partial charge on any atom is -0.443 e. The van der Waals surface area contributed by atoms with Gasteiger partial charge in [0.1, 0.15) is 5.60 Å². The molecular weight excluding hydrogens is 266 g/mol. The Hall–Kier alpha value is -1.26. The van der Waals surface area contributed by atoms with E-state index < -0.39 is 11.7 Å². The van der Waals surface area contributed by atoms with Crippen LogP contribution < -0.4 is 4.90 Å². The third-order valence-corrected chi connectivity index (χ3v) is 2.52. The van der Waals surface area contributed by atoms with Gasteiger partial charge in [0.25, 0.3) is 0 Å². The van der Waals surface area contributed by atoms with Crippen LogP contribution in [0.1, 0.15) is 20.8 Å². The van der Waals surface area contributed by atoms with Gasteiger partial charge in [0.2, 0.25) is 0 Å². The molecule has 106 valence electrons. The summed E-state index contributed by atoms with van der Waals surface area (Å²) >= 11 is 5.85. The molecule has 1 aromatic carbocycles. The summed E-state index contributed by atoms with van der Waals surface area (Å²) in [5.41, 5.74) is 0.199. The van der Waals surface area contributed by atoms with Crippen molar-refractivity contribution in [2.24, 2.45) is 0 Å². The molecule has 0 unspecified atom stereocenters. The summed E-state index contributed by atoms with van der Waals surface area (Å²) in [5.74, 6) is 0. The lowest BCUT2D eigenvalue weighted by molar-refractivity contribution is 0.0569. The number of halogens is 1. The fourth-order valence-corrected chi connectivity index (χ4v) is 1.57. The molecule has 0 spiro atoms. The highest BCUT2D eigenvalue weighted by atomic mass is 35.5. The van der Waals surface area contributed by atoms with Crippen LogP contribution in [0, 0.1) is 0 Å². The highest BCUT2D eigenvalue weighted by Gasteiger charge is 2.23. The molecule has 1 aromatic rings. The van der Waals surface area contributed by atoms with Gasteiger partial charge in [0, 0.05) is 17.8 Å². The van der Waals surface area contributed by atoms with Gasteiger partial charge in [-0.2, -0.15) is 0 Å². The van der Waals surface area contributed by atoms with Crippen molar-refractivity contribution < 1.29 is 14.3 Å². The molecule has 1 amide bonds. The van der Waals surface area contributed by atoms with Crippen molar-refractivity contribution in [3.05, 3.63) is 29.3 Å². The molecule has 0 N–H and O–H groups in total. The second-order valence-corrected chi connectivity index (χ2v) is 5.54. The normalized spacial score (nSPS) is 11.2. The molecule has 0 saturated carbocycles. The smallest absolute Gasteiger partial charge is 0.414 e. The maximum atomic E-state index is 12.2. The molecule has 0 aromatic heterocycles. The van der Waals surface area contributed by atoms with Gasteiger partial charge in [-0.1, -0.05) is 11.6 Å². The van der Waals surface area contributed by atoms with Gasteiger partial charge in [0.05, 0.1) is 13.2 Å². The minimum atomic E-state index is -0.533. The van der Waals surface area contributed by atoms with E-state index in [4.69, 9.17) is 21.1 Å². The van der Waals surface area contributed by atoms with Crippen molar-refractivity contribution >= 4 is 23.4 Å². The molecule has 0 radical (unpaired) electrons. The largest absolute Gasteiger partial charge is 0.443 e. The van der Waals surface area contributed by atoms with Crippen molar-refractivity contribution in [1.29, 1.82) is 0 Å². The highest BCUT2D eigenvalue weighted by molar-refractivity contribution is 6.30. The summed E-state index contributed by atoms with van der Waals surface area (Å²) in [5, 5.41) is 0.625. The molecule has 0 heterocycles. The number of amides is 1. The molecule has 4 nitrogen and oxygen atoms in total. The number of anilines is 1. The zero-order chi connectivity index (χ0) is 14.5. The fourth-order valence-electron chi connectivity index (χ4n) is 1.45. The zero-order valence-corrected chi connectivity index (χ0v) is 12.5. The van der Waals surface area contributed by atoms with Crippen LogP contribution in [0.3, 0.4) is 0 Å². The molecule has 0 aliphatic heterocycles. The van der Waals surface area contributed by atoms with E-state index in [-0.39, 0.29) is 0 Å². The van der Waals surface area contributed by atoms with E-state index in [0.29, 0.717) is 18.2 Å². The van der Waals surface area contributed by atoms with Gasteiger partial charge < -0.3 is 9.47 Å². The van der Waals surface area contributed by atoms with Crippen LogP contribution >= 0.6 is 11.6 Å². The van der Waals surface area contributed by atoms with Crippen LogP contribution in [0.25, 0.3) is 0 Å². The molecule has 0 saturated heterocycles. The topological polar surface area (TPSA) is 38.8 Å². The van der Waals surface area contributed by atoms with E-state index in [0.717, 1.165) is 5.69 Å². The lowest BCUT2D eigenvalue weighted by atomic mass is 10.2. The van der Waals surface area contributed by atoms with Gasteiger partial charge in [-0.25, -0.2) is 4.79 Å². The minimum absolute atomic E-state index is 0.396. The van der Waals surface area contributed by atoms with Crippen LogP contribution in [0.4, 0.5) is 10.5 Å². The summed E-state index contributed by atoms with van der Waals surface area (Å²) in [4.78, 5) is 13.7. The Morgan fingerprint density at radius 1 is 1.26 bits per heavy atom. The Balaban J connectivity index is 2.87. The van der Waals surface area contributed by atoms with Crippen molar-refractivity contribution in [3.63, 3.8) is 0 Å². The number of methoxy groups -OCH3 is 1. The van der Waals surface area contributed by atoms with E-state index in [1.165, 1.54) is 4.90 Å². The Bertz CT molecular complexity index is 412. The zero-order valence-electron chi connectivity index (χ0n) is 11.8. The second-order valence-electron chi connectivity index (χ2n) is 5.10. The van der Waals surface area contributed by atoms with Crippen LogP contribution in [-0.4, -0.2) is 32.0 Å². The second kappa shape index (κ2) is 6.78. The van der Waals surface area contributed by atoms with Gasteiger partial charge in [-0.3, -0.25) is 4.90 Å². The molecule has 19 heavy (non-hydrogen) atoms. The molecule has 0 fully saturated rings. The van der Waals surface area contributed by atoms with Gasteiger partial charge in [-0.15, -0.1) is 0 Å². The Morgan fingerprint density at radius 2 is 1.84 bits per heavy atom. The van der Waals surface area contributed by atoms with Gasteiger partial charge in [-0.05, 0) is 45.0 Å². The van der Waals surface area contributed by atoms with E-state index in [1.54, 1.807) is 31.4 Å². The highest BCUT2D eigenvalue weighted by Crippen LogP contribution is 2.20. The monoisotopic (exact) mass is 285 g/mol. The van der Waals surface area contributed by atoms with E-state index >= 15 is 0 Å². The van der Waals surface area contributed by atoms with Gasteiger partial charge in [0.15, 0.2) is 0 Å². The molecule has 0 aliphatic rings. The van der Waals surface area contributed by atoms with Crippen LogP contribution in [0.2, 0.25) is 5.02 Å². The number of nitrogens with zero attached hydrogens (tertiary/aromatic N) is 1. The average molecular weight is 286 g/mol. The Morgan fingerprint density at radius 3 is 2.32 bits per heavy atom. The van der Waals surface area contributed by atoms with E-state index in [9.17, 15) is 4.79 Å². The van der Waals surface area contributed by atoms with Crippen molar-refractivity contribution in [3.8, 4) is 0 Å². The molecule has 0 bridgehead atoms. The quantitative estimate of drug-likeness (QED) is 0.846. The first kappa shape index (κ1) is 15.8. The third kappa shape index (κ3) is 5.49. The van der Waals surface area contributed by atoms with E-state index in [2.05, 4.69) is 0 Å². The number of hydrogen-bond acceptors (Lipinski definition) is 3. The molecule has 0 atom stereocenters. The summed E-state index contributed by atoms with van der Waals surface area (Å²) < 4.78 is 10.4. The number of benzene rings is 1. The maximum absolute atomic E-state index is 12.2. The number of carbonyl (C=O) groups is 1. The molecule has 5 heteroatoms. The number of hydrogen-bond donors (Lipinski definition) is 0. The SMILES string of the molecule is COCCN(C(=O)OC(C)(C)C)c1ccc(Cl)cc1. The summed E-state index contributed by atoms with van der Waals surface area (Å²) in [6, 6.07) is 7.03. The number of ether oxygens (including phenoxy) is 2. The molecular formula is C14H20ClNO3. The summed E-state index contributed by atoms with van der Waals surface area (Å²) in [6.45, 7) is 6.36. The first-order valence-electron chi connectivity index (χ1n) is 6.08. The Labute approximate surface area is 119 Å². The summed E-state index contributed by atoms with van der Waals surface area (Å²) in [7, 11) is 1.59. The molecule has 0 aliphatic carbocycles.